The van der Waals surface area contributed by atoms with Gasteiger partial charge in [0.25, 0.3) is 11.4 Å². The second-order valence-corrected chi connectivity index (χ2v) is 4.10. The standard InChI is InChI=1S/C13H8N2O7/c16-12-6-3-9(15(20)21)7-11(12)13(17)22-10-4-1-8(2-5-10)14(18)19/h1-7,16H. The van der Waals surface area contributed by atoms with Crippen LogP contribution in [0.25, 0.3) is 0 Å². The van der Waals surface area contributed by atoms with E-state index < -0.39 is 21.6 Å². The van der Waals surface area contributed by atoms with Crippen molar-refractivity contribution in [2.45, 2.75) is 0 Å². The van der Waals surface area contributed by atoms with Gasteiger partial charge in [-0.1, -0.05) is 0 Å². The summed E-state index contributed by atoms with van der Waals surface area (Å²) in [5, 5.41) is 30.7. The third kappa shape index (κ3) is 3.15. The van der Waals surface area contributed by atoms with Gasteiger partial charge in [0, 0.05) is 24.3 Å². The van der Waals surface area contributed by atoms with Crippen LogP contribution >= 0.6 is 0 Å². The summed E-state index contributed by atoms with van der Waals surface area (Å²) in [6, 6.07) is 7.59. The number of aromatic hydroxyl groups is 1. The number of phenols is 1. The molecule has 2 aromatic rings. The molecule has 0 fully saturated rings. The van der Waals surface area contributed by atoms with Gasteiger partial charge in [0.1, 0.15) is 17.1 Å². The summed E-state index contributed by atoms with van der Waals surface area (Å²) >= 11 is 0. The number of non-ortho nitro benzene ring substituents is 2. The van der Waals surface area contributed by atoms with Crippen LogP contribution in [0.4, 0.5) is 11.4 Å². The van der Waals surface area contributed by atoms with Crippen molar-refractivity contribution < 1.29 is 24.5 Å². The second kappa shape index (κ2) is 5.87. The molecular formula is C13H8N2O7. The van der Waals surface area contributed by atoms with E-state index in [0.717, 1.165) is 30.3 Å². The second-order valence-electron chi connectivity index (χ2n) is 4.10. The van der Waals surface area contributed by atoms with Gasteiger partial charge in [0.2, 0.25) is 0 Å². The van der Waals surface area contributed by atoms with Crippen LogP contribution in [0.2, 0.25) is 0 Å². The normalized spacial score (nSPS) is 10.0. The molecule has 0 unspecified atom stereocenters. The number of carbonyl (C=O) groups excluding carboxylic acids is 1. The minimum atomic E-state index is -1.02. The molecule has 2 aromatic carbocycles. The van der Waals surface area contributed by atoms with Crippen molar-refractivity contribution in [2.24, 2.45) is 0 Å². The van der Waals surface area contributed by atoms with Gasteiger partial charge in [-0.05, 0) is 18.2 Å². The van der Waals surface area contributed by atoms with Gasteiger partial charge < -0.3 is 9.84 Å². The zero-order chi connectivity index (χ0) is 16.3. The molecule has 0 bridgehead atoms. The van der Waals surface area contributed by atoms with E-state index in [1.165, 1.54) is 12.1 Å². The van der Waals surface area contributed by atoms with E-state index in [1.807, 2.05) is 0 Å². The van der Waals surface area contributed by atoms with Crippen molar-refractivity contribution in [1.29, 1.82) is 0 Å². The lowest BCUT2D eigenvalue weighted by atomic mass is 10.2. The van der Waals surface area contributed by atoms with E-state index in [1.54, 1.807) is 0 Å². The van der Waals surface area contributed by atoms with Crippen LogP contribution in [0.1, 0.15) is 10.4 Å². The molecule has 0 amide bonds. The summed E-state index contributed by atoms with van der Waals surface area (Å²) < 4.78 is 4.91. The molecule has 0 saturated heterocycles. The van der Waals surface area contributed by atoms with Crippen LogP contribution < -0.4 is 4.74 Å². The van der Waals surface area contributed by atoms with Gasteiger partial charge in [0.15, 0.2) is 0 Å². The number of benzene rings is 2. The quantitative estimate of drug-likeness (QED) is 0.397. The lowest BCUT2D eigenvalue weighted by Gasteiger charge is -2.05. The first-order valence-electron chi connectivity index (χ1n) is 5.82. The number of carbonyl (C=O) groups is 1. The first-order chi connectivity index (χ1) is 10.4. The molecule has 0 radical (unpaired) electrons. The number of nitro groups is 2. The highest BCUT2D eigenvalue weighted by molar-refractivity contribution is 5.94. The molecule has 2 rings (SSSR count). The highest BCUT2D eigenvalue weighted by Crippen LogP contribution is 2.25. The molecule has 112 valence electrons. The van der Waals surface area contributed by atoms with Crippen LogP contribution in [-0.2, 0) is 0 Å². The van der Waals surface area contributed by atoms with Crippen molar-refractivity contribution in [2.75, 3.05) is 0 Å². The van der Waals surface area contributed by atoms with Crippen LogP contribution in [0.3, 0.4) is 0 Å². The molecule has 0 saturated carbocycles. The summed E-state index contributed by atoms with van der Waals surface area (Å²) in [4.78, 5) is 31.7. The molecule has 0 heterocycles. The Morgan fingerprint density at radius 1 is 0.955 bits per heavy atom. The SMILES string of the molecule is O=C(Oc1ccc([N+](=O)[O-])cc1)c1cc([N+](=O)[O-])ccc1O. The maximum absolute atomic E-state index is 11.9. The average molecular weight is 304 g/mol. The number of phenolic OH excluding ortho intramolecular Hbond substituents is 1. The van der Waals surface area contributed by atoms with E-state index in [2.05, 4.69) is 0 Å². The number of ether oxygens (including phenoxy) is 1. The number of esters is 1. The Morgan fingerprint density at radius 2 is 1.50 bits per heavy atom. The minimum Gasteiger partial charge on any atom is -0.507 e. The molecule has 0 spiro atoms. The predicted octanol–water partition coefficient (Wildman–Crippen LogP) is 2.43. The van der Waals surface area contributed by atoms with Crippen LogP contribution in [0, 0.1) is 20.2 Å². The van der Waals surface area contributed by atoms with Crippen molar-refractivity contribution in [3.63, 3.8) is 0 Å². The van der Waals surface area contributed by atoms with Crippen LogP contribution in [0.5, 0.6) is 11.5 Å². The lowest BCUT2D eigenvalue weighted by Crippen LogP contribution is -2.09. The molecule has 0 aliphatic rings. The van der Waals surface area contributed by atoms with Gasteiger partial charge in [-0.2, -0.15) is 0 Å². The molecule has 0 atom stereocenters. The van der Waals surface area contributed by atoms with Gasteiger partial charge in [0.05, 0.1) is 9.85 Å². The topological polar surface area (TPSA) is 133 Å². The van der Waals surface area contributed by atoms with Crippen LogP contribution in [-0.4, -0.2) is 20.9 Å². The van der Waals surface area contributed by atoms with E-state index in [4.69, 9.17) is 4.74 Å². The molecule has 1 N–H and O–H groups in total. The summed E-state index contributed by atoms with van der Waals surface area (Å²) in [6.45, 7) is 0. The fraction of sp³-hybridized carbons (Fsp3) is 0. The predicted molar refractivity (Wildman–Crippen MR) is 72.8 cm³/mol. The average Bonchev–Trinajstić information content (AvgIpc) is 2.47. The smallest absolute Gasteiger partial charge is 0.347 e. The van der Waals surface area contributed by atoms with Crippen molar-refractivity contribution in [3.05, 3.63) is 68.3 Å². The Labute approximate surface area is 122 Å². The number of hydrogen-bond acceptors (Lipinski definition) is 7. The Morgan fingerprint density at radius 3 is 2.05 bits per heavy atom. The number of nitro benzene ring substituents is 2. The first kappa shape index (κ1) is 14.9. The fourth-order valence-electron chi connectivity index (χ4n) is 1.60. The Bertz CT molecular complexity index is 755. The summed E-state index contributed by atoms with van der Waals surface area (Å²) in [6.07, 6.45) is 0. The largest absolute Gasteiger partial charge is 0.507 e. The zero-order valence-corrected chi connectivity index (χ0v) is 10.8. The van der Waals surface area contributed by atoms with Crippen molar-refractivity contribution in [3.8, 4) is 11.5 Å². The van der Waals surface area contributed by atoms with E-state index in [0.29, 0.717) is 0 Å². The third-order valence-electron chi connectivity index (χ3n) is 2.67. The molecule has 9 nitrogen and oxygen atoms in total. The number of hydrogen-bond donors (Lipinski definition) is 1. The van der Waals surface area contributed by atoms with Crippen LogP contribution in [0.15, 0.2) is 42.5 Å². The highest BCUT2D eigenvalue weighted by atomic mass is 16.6. The van der Waals surface area contributed by atoms with Crippen molar-refractivity contribution >= 4 is 17.3 Å². The van der Waals surface area contributed by atoms with E-state index in [-0.39, 0.29) is 22.7 Å². The summed E-state index contributed by atoms with van der Waals surface area (Å²) in [5.41, 5.74) is -0.945. The fourth-order valence-corrected chi connectivity index (χ4v) is 1.60. The van der Waals surface area contributed by atoms with Gasteiger partial charge in [-0.15, -0.1) is 0 Å². The Kier molecular flexibility index (Phi) is 3.98. The molecule has 0 aromatic heterocycles. The van der Waals surface area contributed by atoms with E-state index >= 15 is 0 Å². The maximum Gasteiger partial charge on any atom is 0.347 e. The van der Waals surface area contributed by atoms with Gasteiger partial charge >= 0.3 is 5.97 Å². The lowest BCUT2D eigenvalue weighted by molar-refractivity contribution is -0.385. The number of rotatable bonds is 4. The zero-order valence-electron chi connectivity index (χ0n) is 10.8. The molecule has 0 aliphatic heterocycles. The summed E-state index contributed by atoms with van der Waals surface area (Å²) in [7, 11) is 0. The first-order valence-corrected chi connectivity index (χ1v) is 5.82. The molecule has 9 heteroatoms. The van der Waals surface area contributed by atoms with Crippen molar-refractivity contribution in [1.82, 2.24) is 0 Å². The minimum absolute atomic E-state index is 0.00139. The summed E-state index contributed by atoms with van der Waals surface area (Å²) in [5.74, 6) is -1.49. The third-order valence-corrected chi connectivity index (χ3v) is 2.67. The van der Waals surface area contributed by atoms with Gasteiger partial charge in [-0.25, -0.2) is 4.79 Å². The Hall–Kier alpha value is -3.49. The molecule has 22 heavy (non-hydrogen) atoms. The Balaban J connectivity index is 2.23. The highest BCUT2D eigenvalue weighted by Gasteiger charge is 2.18. The molecule has 0 aliphatic carbocycles. The number of nitrogens with zero attached hydrogens (tertiary/aromatic N) is 2. The monoisotopic (exact) mass is 304 g/mol. The maximum atomic E-state index is 11.9. The van der Waals surface area contributed by atoms with Gasteiger partial charge in [-0.3, -0.25) is 20.2 Å². The van der Waals surface area contributed by atoms with E-state index in [9.17, 15) is 30.1 Å². The molecular weight excluding hydrogens is 296 g/mol.